The van der Waals surface area contributed by atoms with Gasteiger partial charge in [0.1, 0.15) is 0 Å². The van der Waals surface area contributed by atoms with Gasteiger partial charge in [-0.2, -0.15) is 0 Å². The van der Waals surface area contributed by atoms with E-state index >= 15 is 0 Å². The van der Waals surface area contributed by atoms with Gasteiger partial charge in [-0.05, 0) is 79.7 Å². The highest BCUT2D eigenvalue weighted by molar-refractivity contribution is 7.53. The van der Waals surface area contributed by atoms with Crippen molar-refractivity contribution in [2.45, 2.75) is 64.0 Å². The lowest BCUT2D eigenvalue weighted by molar-refractivity contribution is -0.648. The summed E-state index contributed by atoms with van der Waals surface area (Å²) in [4.78, 5) is 22.4. The number of quaternary nitrogens is 2. The Kier molecular flexibility index (Phi) is 40.0. The second-order valence-electron chi connectivity index (χ2n) is 8.49. The fraction of sp³-hybridized carbons (Fsp3) is 0.571. The fourth-order valence-electron chi connectivity index (χ4n) is 2.55. The molecular formula is C28H52Cl6N4O6P2. The summed E-state index contributed by atoms with van der Waals surface area (Å²) in [6.07, 6.45) is 0. The maximum absolute atomic E-state index is 11.2. The van der Waals surface area contributed by atoms with Crippen LogP contribution in [0.4, 0.5) is 11.4 Å². The molecule has 46 heavy (non-hydrogen) atoms. The van der Waals surface area contributed by atoms with Crippen LogP contribution in [-0.2, 0) is 18.2 Å². The normalized spacial score (nSPS) is 12.4. The molecule has 0 radical (unpaired) electrons. The molecule has 0 heterocycles. The molecule has 2 aromatic rings. The molecule has 10 nitrogen and oxygen atoms in total. The van der Waals surface area contributed by atoms with Crippen molar-refractivity contribution >= 4 is 96.5 Å². The minimum Gasteiger partial charge on any atom is -0.762 e. The molecule has 0 bridgehead atoms. The second-order valence-corrected chi connectivity index (χ2v) is 15.4. The molecule has 0 saturated heterocycles. The Bertz CT molecular complexity index is 940. The molecule has 2 atom stereocenters. The number of hydrogen-bond donors (Lipinski definition) is 4. The third-order valence-corrected chi connectivity index (χ3v) is 6.65. The molecule has 272 valence electrons. The van der Waals surface area contributed by atoms with Crippen LogP contribution < -0.4 is 30.6 Å². The molecule has 0 aliphatic carbocycles. The summed E-state index contributed by atoms with van der Waals surface area (Å²) in [5.74, 6) is 0. The van der Waals surface area contributed by atoms with Gasteiger partial charge in [0, 0.05) is 11.4 Å². The number of alkyl halides is 6. The molecular weight excluding hydrogens is 763 g/mol. The van der Waals surface area contributed by atoms with Gasteiger partial charge in [-0.25, -0.2) is 0 Å². The van der Waals surface area contributed by atoms with Gasteiger partial charge in [0.25, 0.3) is 0 Å². The van der Waals surface area contributed by atoms with Gasteiger partial charge in [0.05, 0.1) is 39.4 Å². The van der Waals surface area contributed by atoms with E-state index in [0.717, 1.165) is 11.1 Å². The molecule has 0 aromatic heterocycles. The molecule has 18 heteroatoms. The van der Waals surface area contributed by atoms with Gasteiger partial charge in [0.15, 0.2) is 8.59 Å². The second kappa shape index (κ2) is 34.8. The summed E-state index contributed by atoms with van der Waals surface area (Å²) in [5, 5.41) is 9.15. The molecule has 0 spiro atoms. The summed E-state index contributed by atoms with van der Waals surface area (Å²) in [6, 6.07) is 14.1. The first-order valence-electron chi connectivity index (χ1n) is 14.4. The third kappa shape index (κ3) is 46.1. The van der Waals surface area contributed by atoms with E-state index in [9.17, 15) is 18.9 Å². The van der Waals surface area contributed by atoms with E-state index in [4.69, 9.17) is 69.6 Å². The van der Waals surface area contributed by atoms with Crippen LogP contribution in [0.15, 0.2) is 48.5 Å². The lowest BCUT2D eigenvalue weighted by Gasteiger charge is -2.24. The first-order valence-corrected chi connectivity index (χ1v) is 20.2. The van der Waals surface area contributed by atoms with Crippen molar-refractivity contribution in [1.29, 1.82) is 0 Å². The number of anilines is 2. The summed E-state index contributed by atoms with van der Waals surface area (Å²) in [7, 11) is -7.86. The van der Waals surface area contributed by atoms with Crippen molar-refractivity contribution in [3.05, 3.63) is 59.7 Å². The Balaban J connectivity index is -0.000000255. The minimum absolute atomic E-state index is 0.139. The van der Waals surface area contributed by atoms with E-state index in [1.807, 2.05) is 38.1 Å². The number of nitrogens with two attached hydrogens (primary N) is 2. The molecule has 2 rings (SSSR count). The maximum Gasteiger partial charge on any atom is 0.229 e. The number of nitrogens with one attached hydrogen (secondary N) is 2. The average molecular weight is 815 g/mol. The van der Waals surface area contributed by atoms with Crippen molar-refractivity contribution in [2.75, 3.05) is 49.6 Å². The Labute approximate surface area is 306 Å². The Morgan fingerprint density at radius 2 is 0.804 bits per heavy atom. The van der Waals surface area contributed by atoms with E-state index in [2.05, 4.69) is 57.6 Å². The predicted octanol–water partition coefficient (Wildman–Crippen LogP) is 6.98. The number of hydrogen-bond acceptors (Lipinski definition) is 6. The fourth-order valence-corrected chi connectivity index (χ4v) is 4.29. The molecule has 0 aliphatic rings. The molecule has 2 unspecified atom stereocenters. The molecule has 0 amide bonds. The van der Waals surface area contributed by atoms with Gasteiger partial charge in [0.2, 0.25) is 15.5 Å². The van der Waals surface area contributed by atoms with E-state index in [-0.39, 0.29) is 13.2 Å². The van der Waals surface area contributed by atoms with Crippen LogP contribution in [0.3, 0.4) is 0 Å². The van der Waals surface area contributed by atoms with Crippen molar-refractivity contribution in [3.63, 3.8) is 0 Å². The Hall–Kier alpha value is 0.000000000000000333. The van der Waals surface area contributed by atoms with Gasteiger partial charge in [-0.15, -0.1) is 0 Å². The van der Waals surface area contributed by atoms with Gasteiger partial charge in [-0.3, -0.25) is 9.13 Å². The first-order chi connectivity index (χ1) is 21.4. The molecule has 0 saturated carbocycles. The minimum atomic E-state index is -3.93. The van der Waals surface area contributed by atoms with Gasteiger partial charge in [-0.1, -0.05) is 105 Å². The Morgan fingerprint density at radius 3 is 0.957 bits per heavy atom. The van der Waals surface area contributed by atoms with Crippen molar-refractivity contribution in [3.8, 4) is 0 Å². The smallest absolute Gasteiger partial charge is 0.229 e. The van der Waals surface area contributed by atoms with Crippen LogP contribution in [0.1, 0.15) is 52.7 Å². The SMILES string of the molecule is CCOP(=O)([O-])Nc1ccc(C)cc1.CCOP(=O)([O-])Nc1ccc(C)cc1.CC[NH2+]CC.CC[NH2+]CC.ClC(Cl)Cl.ClC(Cl)Cl. The Morgan fingerprint density at radius 1 is 0.587 bits per heavy atom. The highest BCUT2D eigenvalue weighted by atomic mass is 35.6. The number of benzene rings is 2. The van der Waals surface area contributed by atoms with E-state index in [1.165, 1.54) is 26.2 Å². The lowest BCUT2D eigenvalue weighted by Crippen LogP contribution is -2.82. The first kappa shape index (κ1) is 52.8. The van der Waals surface area contributed by atoms with Crippen LogP contribution in [0.2, 0.25) is 0 Å². The third-order valence-electron chi connectivity index (χ3n) is 4.39. The van der Waals surface area contributed by atoms with Crippen LogP contribution in [-0.4, -0.2) is 48.0 Å². The topological polar surface area (TPSA) is 156 Å². The summed E-state index contributed by atoms with van der Waals surface area (Å²) in [5.41, 5.74) is 3.19. The van der Waals surface area contributed by atoms with E-state index < -0.39 is 24.1 Å². The quantitative estimate of drug-likeness (QED) is 0.132. The van der Waals surface area contributed by atoms with Crippen molar-refractivity contribution < 1.29 is 38.6 Å². The van der Waals surface area contributed by atoms with Crippen molar-refractivity contribution in [2.24, 2.45) is 0 Å². The summed E-state index contributed by atoms with van der Waals surface area (Å²) in [6.45, 7) is 20.9. The van der Waals surface area contributed by atoms with E-state index in [1.54, 1.807) is 38.1 Å². The molecule has 0 fully saturated rings. The monoisotopic (exact) mass is 812 g/mol. The zero-order valence-corrected chi connectivity index (χ0v) is 34.1. The number of rotatable bonds is 12. The van der Waals surface area contributed by atoms with Crippen molar-refractivity contribution in [1.82, 2.24) is 0 Å². The highest BCUT2D eigenvalue weighted by Gasteiger charge is 2.07. The maximum atomic E-state index is 11.2. The van der Waals surface area contributed by atoms with Crippen LogP contribution >= 0.6 is 85.1 Å². The van der Waals surface area contributed by atoms with Crippen LogP contribution in [0.25, 0.3) is 0 Å². The largest absolute Gasteiger partial charge is 0.762 e. The average Bonchev–Trinajstić information content (AvgIpc) is 2.92. The highest BCUT2D eigenvalue weighted by Crippen LogP contribution is 2.37. The molecule has 6 N–H and O–H groups in total. The summed E-state index contributed by atoms with van der Waals surface area (Å²) >= 11 is 28.8. The number of aryl methyl sites for hydroxylation is 2. The van der Waals surface area contributed by atoms with Gasteiger partial charge >= 0.3 is 0 Å². The lowest BCUT2D eigenvalue weighted by atomic mass is 10.2. The standard InChI is InChI=1S/2C9H14NO3P.2C4H11N.2CHCl3/c2*1-3-13-14(11,12)10-9-6-4-8(2)5-7-9;2*1-3-5-4-2;2*2-1(3)4/h2*4-7H,3H2,1-2H3,(H2,10,11,12);2*5H,3-4H2,1-2H3;2*1H. The zero-order valence-electron chi connectivity index (χ0n) is 27.8. The van der Waals surface area contributed by atoms with Crippen LogP contribution in [0, 0.1) is 13.8 Å². The predicted molar refractivity (Wildman–Crippen MR) is 197 cm³/mol. The van der Waals surface area contributed by atoms with Gasteiger partial charge < -0.3 is 39.6 Å². The summed E-state index contributed by atoms with van der Waals surface area (Å²) < 4.78 is 30.0. The zero-order chi connectivity index (χ0) is 36.6. The van der Waals surface area contributed by atoms with Crippen LogP contribution in [0.5, 0.6) is 0 Å². The molecule has 0 aliphatic heterocycles. The number of halogens is 6. The van der Waals surface area contributed by atoms with E-state index in [0.29, 0.717) is 11.4 Å². The molecule has 2 aromatic carbocycles.